The molecule has 0 spiro atoms. The first kappa shape index (κ1) is 15.6. The molecule has 0 saturated heterocycles. The van der Waals surface area contributed by atoms with E-state index in [1.54, 1.807) is 12.1 Å². The van der Waals surface area contributed by atoms with Gasteiger partial charge in [-0.3, -0.25) is 9.59 Å². The number of amides is 2. The van der Waals surface area contributed by atoms with Gasteiger partial charge in [-0.1, -0.05) is 23.7 Å². The number of aryl methyl sites for hydroxylation is 1. The zero-order chi connectivity index (χ0) is 16.7. The van der Waals surface area contributed by atoms with Crippen LogP contribution in [0.4, 0.5) is 5.00 Å². The first-order valence-electron chi connectivity index (χ1n) is 6.87. The van der Waals surface area contributed by atoms with Crippen LogP contribution in [0.2, 0.25) is 5.02 Å². The molecule has 1 aromatic carbocycles. The van der Waals surface area contributed by atoms with Crippen molar-refractivity contribution < 1.29 is 9.59 Å². The molecule has 118 valence electrons. The van der Waals surface area contributed by atoms with Crippen molar-refractivity contribution in [3.05, 3.63) is 51.0 Å². The molecule has 0 aliphatic carbocycles. The van der Waals surface area contributed by atoms with Crippen molar-refractivity contribution in [1.29, 1.82) is 0 Å². The Kier molecular flexibility index (Phi) is 3.87. The third-order valence-electron chi connectivity index (χ3n) is 3.71. The lowest BCUT2D eigenvalue weighted by molar-refractivity contribution is 0.100. The van der Waals surface area contributed by atoms with Gasteiger partial charge in [0.2, 0.25) is 0 Å². The molecule has 0 saturated carbocycles. The molecule has 3 rings (SSSR count). The lowest BCUT2D eigenvalue weighted by atomic mass is 10.1. The maximum Gasteiger partial charge on any atom is 0.272 e. The minimum atomic E-state index is -0.554. The number of nitrogens with two attached hydrogens (primary N) is 1. The fraction of sp³-hybridized carbons (Fsp3) is 0.125. The highest BCUT2D eigenvalue weighted by atomic mass is 35.5. The summed E-state index contributed by atoms with van der Waals surface area (Å²) in [5, 5.41) is 4.60. The third-order valence-corrected chi connectivity index (χ3v) is 5.15. The number of fused-ring (bicyclic) bond motifs is 1. The molecule has 2 aromatic heterocycles. The number of primary amides is 1. The SMILES string of the molecule is Cc1sc(NC(=O)c2cc3cccc(Cl)c3[nH]2)c(C(N)=O)c1C. The number of aromatic amines is 1. The maximum atomic E-state index is 12.5. The standard InChI is InChI=1S/C16H14ClN3O2S/c1-7-8(2)23-16(12(7)14(18)21)20-15(22)11-6-9-4-3-5-10(17)13(9)19-11/h3-6,19H,1-2H3,(H2,18,21)(H,20,22). The van der Waals surface area contributed by atoms with Gasteiger partial charge in [-0.2, -0.15) is 0 Å². The van der Waals surface area contributed by atoms with E-state index in [2.05, 4.69) is 10.3 Å². The second-order valence-electron chi connectivity index (χ2n) is 5.19. The number of hydrogen-bond acceptors (Lipinski definition) is 3. The summed E-state index contributed by atoms with van der Waals surface area (Å²) < 4.78 is 0. The Morgan fingerprint density at radius 1 is 1.30 bits per heavy atom. The Morgan fingerprint density at radius 3 is 2.70 bits per heavy atom. The lowest BCUT2D eigenvalue weighted by Gasteiger charge is -2.03. The number of carbonyl (C=O) groups is 2. The van der Waals surface area contributed by atoms with Gasteiger partial charge >= 0.3 is 0 Å². The van der Waals surface area contributed by atoms with Gasteiger partial charge in [0.15, 0.2) is 0 Å². The second-order valence-corrected chi connectivity index (χ2v) is 6.82. The summed E-state index contributed by atoms with van der Waals surface area (Å²) in [6.07, 6.45) is 0. The average Bonchev–Trinajstić information content (AvgIpc) is 3.02. The quantitative estimate of drug-likeness (QED) is 0.671. The Bertz CT molecular complexity index is 942. The smallest absolute Gasteiger partial charge is 0.272 e. The number of hydrogen-bond donors (Lipinski definition) is 3. The van der Waals surface area contributed by atoms with Crippen LogP contribution in [0.3, 0.4) is 0 Å². The van der Waals surface area contributed by atoms with Crippen molar-refractivity contribution in [2.24, 2.45) is 5.73 Å². The number of para-hydroxylation sites is 1. The van der Waals surface area contributed by atoms with E-state index in [0.717, 1.165) is 15.8 Å². The normalized spacial score (nSPS) is 10.9. The minimum absolute atomic E-state index is 0.346. The highest BCUT2D eigenvalue weighted by molar-refractivity contribution is 7.16. The number of halogens is 1. The van der Waals surface area contributed by atoms with Crippen LogP contribution in [0.15, 0.2) is 24.3 Å². The van der Waals surface area contributed by atoms with Crippen LogP contribution in [0.1, 0.15) is 31.3 Å². The van der Waals surface area contributed by atoms with Crippen LogP contribution >= 0.6 is 22.9 Å². The Hall–Kier alpha value is -2.31. The molecule has 0 aliphatic heterocycles. The van der Waals surface area contributed by atoms with E-state index in [0.29, 0.717) is 26.8 Å². The van der Waals surface area contributed by atoms with Gasteiger partial charge in [0.05, 0.1) is 16.1 Å². The lowest BCUT2D eigenvalue weighted by Crippen LogP contribution is -2.17. The van der Waals surface area contributed by atoms with E-state index in [9.17, 15) is 9.59 Å². The Balaban J connectivity index is 1.97. The molecule has 0 unspecified atom stereocenters. The maximum absolute atomic E-state index is 12.5. The predicted octanol–water partition coefficient (Wildman–Crippen LogP) is 3.85. The fourth-order valence-electron chi connectivity index (χ4n) is 2.42. The fourth-order valence-corrected chi connectivity index (χ4v) is 3.71. The molecule has 0 aliphatic rings. The van der Waals surface area contributed by atoms with E-state index in [4.69, 9.17) is 17.3 Å². The number of benzene rings is 1. The minimum Gasteiger partial charge on any atom is -0.365 e. The van der Waals surface area contributed by atoms with Gasteiger partial charge < -0.3 is 16.0 Å². The van der Waals surface area contributed by atoms with Gasteiger partial charge in [0.1, 0.15) is 10.7 Å². The molecule has 0 fully saturated rings. The summed E-state index contributed by atoms with van der Waals surface area (Å²) in [6, 6.07) is 7.15. The predicted molar refractivity (Wildman–Crippen MR) is 93.6 cm³/mol. The van der Waals surface area contributed by atoms with Crippen molar-refractivity contribution in [1.82, 2.24) is 4.98 Å². The van der Waals surface area contributed by atoms with Crippen molar-refractivity contribution in [3.8, 4) is 0 Å². The number of anilines is 1. The van der Waals surface area contributed by atoms with Crippen LogP contribution in [0, 0.1) is 13.8 Å². The summed E-state index contributed by atoms with van der Waals surface area (Å²) >= 11 is 7.43. The van der Waals surface area contributed by atoms with Crippen molar-refractivity contribution in [2.45, 2.75) is 13.8 Å². The molecule has 2 heterocycles. The van der Waals surface area contributed by atoms with Crippen LogP contribution in [-0.4, -0.2) is 16.8 Å². The van der Waals surface area contributed by atoms with E-state index in [1.165, 1.54) is 11.3 Å². The molecule has 0 bridgehead atoms. The monoisotopic (exact) mass is 347 g/mol. The van der Waals surface area contributed by atoms with Crippen LogP contribution in [0.5, 0.6) is 0 Å². The molecule has 0 atom stereocenters. The number of rotatable bonds is 3. The van der Waals surface area contributed by atoms with Crippen LogP contribution < -0.4 is 11.1 Å². The molecule has 7 heteroatoms. The summed E-state index contributed by atoms with van der Waals surface area (Å²) in [5.41, 5.74) is 7.63. The Morgan fingerprint density at radius 2 is 2.04 bits per heavy atom. The Labute approximate surface area is 141 Å². The summed E-state index contributed by atoms with van der Waals surface area (Å²) in [4.78, 5) is 28.0. The van der Waals surface area contributed by atoms with Crippen molar-refractivity contribution in [3.63, 3.8) is 0 Å². The number of thiophene rings is 1. The highest BCUT2D eigenvalue weighted by Crippen LogP contribution is 2.32. The molecular weight excluding hydrogens is 334 g/mol. The zero-order valence-electron chi connectivity index (χ0n) is 12.5. The summed E-state index contributed by atoms with van der Waals surface area (Å²) in [5.74, 6) is -0.900. The van der Waals surface area contributed by atoms with E-state index in [-0.39, 0.29) is 5.91 Å². The third kappa shape index (κ3) is 2.71. The van der Waals surface area contributed by atoms with Crippen LogP contribution in [0.25, 0.3) is 10.9 Å². The zero-order valence-corrected chi connectivity index (χ0v) is 14.1. The van der Waals surface area contributed by atoms with Gasteiger partial charge in [0, 0.05) is 10.3 Å². The van der Waals surface area contributed by atoms with E-state index in [1.807, 2.05) is 26.0 Å². The molecule has 2 amide bonds. The number of aromatic nitrogens is 1. The molecule has 5 nitrogen and oxygen atoms in total. The largest absolute Gasteiger partial charge is 0.365 e. The number of nitrogens with one attached hydrogen (secondary N) is 2. The molecule has 0 radical (unpaired) electrons. The number of H-pyrrole nitrogens is 1. The number of carbonyl (C=O) groups excluding carboxylic acids is 2. The van der Waals surface area contributed by atoms with E-state index < -0.39 is 5.91 Å². The van der Waals surface area contributed by atoms with Gasteiger partial charge in [-0.15, -0.1) is 11.3 Å². The molecule has 3 aromatic rings. The topological polar surface area (TPSA) is 88.0 Å². The summed E-state index contributed by atoms with van der Waals surface area (Å²) in [7, 11) is 0. The molecular formula is C16H14ClN3O2S. The summed E-state index contributed by atoms with van der Waals surface area (Å²) in [6.45, 7) is 3.69. The van der Waals surface area contributed by atoms with E-state index >= 15 is 0 Å². The van der Waals surface area contributed by atoms with Gasteiger partial charge in [0.25, 0.3) is 11.8 Å². The molecule has 23 heavy (non-hydrogen) atoms. The molecule has 4 N–H and O–H groups in total. The first-order chi connectivity index (χ1) is 10.9. The van der Waals surface area contributed by atoms with Crippen LogP contribution in [-0.2, 0) is 0 Å². The average molecular weight is 348 g/mol. The second kappa shape index (κ2) is 5.72. The van der Waals surface area contributed by atoms with Crippen molar-refractivity contribution in [2.75, 3.05) is 5.32 Å². The van der Waals surface area contributed by atoms with Crippen molar-refractivity contribution >= 4 is 50.7 Å². The van der Waals surface area contributed by atoms with Gasteiger partial charge in [-0.25, -0.2) is 0 Å². The first-order valence-corrected chi connectivity index (χ1v) is 8.06. The van der Waals surface area contributed by atoms with Gasteiger partial charge in [-0.05, 0) is 31.5 Å². The highest BCUT2D eigenvalue weighted by Gasteiger charge is 2.20.